The molecular formula is C21H28FN3O2. The van der Waals surface area contributed by atoms with Crippen LogP contribution in [0, 0.1) is 5.82 Å². The fourth-order valence-electron chi connectivity index (χ4n) is 4.14. The predicted molar refractivity (Wildman–Crippen MR) is 103 cm³/mol. The number of hydrogen-bond donors (Lipinski definition) is 1. The molecule has 146 valence electrons. The van der Waals surface area contributed by atoms with E-state index in [1.165, 1.54) is 24.3 Å². The fourth-order valence-corrected chi connectivity index (χ4v) is 4.14. The number of nitrogens with two attached hydrogens (primary N) is 1. The molecule has 1 fully saturated rings. The summed E-state index contributed by atoms with van der Waals surface area (Å²) in [5.74, 6) is -0.510. The van der Waals surface area contributed by atoms with E-state index in [4.69, 9.17) is 5.73 Å². The zero-order valence-electron chi connectivity index (χ0n) is 15.7. The van der Waals surface area contributed by atoms with Crippen LogP contribution in [0.4, 0.5) is 4.39 Å². The monoisotopic (exact) mass is 373 g/mol. The number of benzene rings is 1. The first-order valence-electron chi connectivity index (χ1n) is 9.72. The maximum atomic E-state index is 12.9. The average molecular weight is 373 g/mol. The van der Waals surface area contributed by atoms with Crippen LogP contribution in [0.25, 0.3) is 0 Å². The van der Waals surface area contributed by atoms with Gasteiger partial charge in [-0.05, 0) is 56.5 Å². The van der Waals surface area contributed by atoms with Crippen LogP contribution in [0.1, 0.15) is 42.5 Å². The Bertz CT molecular complexity index is 694. The molecule has 0 unspecified atom stereocenters. The highest BCUT2D eigenvalue weighted by atomic mass is 19.1. The normalized spacial score (nSPS) is 20.5. The van der Waals surface area contributed by atoms with Crippen LogP contribution < -0.4 is 5.73 Å². The van der Waals surface area contributed by atoms with E-state index in [0.29, 0.717) is 12.0 Å². The molecular weight excluding hydrogens is 345 g/mol. The SMILES string of the molecule is NC(=O)C1(N2CC=CCC2)CCN(CCCC(=O)c2ccc(F)cc2)CC1. The molecule has 1 aromatic rings. The first-order valence-corrected chi connectivity index (χ1v) is 9.72. The van der Waals surface area contributed by atoms with Gasteiger partial charge in [0.05, 0.1) is 0 Å². The maximum absolute atomic E-state index is 12.9. The second-order valence-corrected chi connectivity index (χ2v) is 7.48. The van der Waals surface area contributed by atoms with Crippen molar-refractivity contribution in [3.8, 4) is 0 Å². The summed E-state index contributed by atoms with van der Waals surface area (Å²) in [4.78, 5) is 28.9. The smallest absolute Gasteiger partial charge is 0.238 e. The topological polar surface area (TPSA) is 66.6 Å². The number of Topliss-reactive ketones (excluding diaryl/α,β-unsaturated/α-hetero) is 1. The molecule has 2 heterocycles. The van der Waals surface area contributed by atoms with E-state index in [9.17, 15) is 14.0 Å². The van der Waals surface area contributed by atoms with Crippen LogP contribution in [0.2, 0.25) is 0 Å². The van der Waals surface area contributed by atoms with E-state index in [1.54, 1.807) is 0 Å². The molecule has 1 amide bonds. The largest absolute Gasteiger partial charge is 0.368 e. The minimum Gasteiger partial charge on any atom is -0.368 e. The van der Waals surface area contributed by atoms with Gasteiger partial charge in [-0.15, -0.1) is 0 Å². The molecule has 3 rings (SSSR count). The Labute approximate surface area is 160 Å². The number of rotatable bonds is 7. The highest BCUT2D eigenvalue weighted by Gasteiger charge is 2.44. The lowest BCUT2D eigenvalue weighted by Crippen LogP contribution is -2.63. The third-order valence-corrected chi connectivity index (χ3v) is 5.85. The molecule has 1 aromatic carbocycles. The quantitative estimate of drug-likeness (QED) is 0.589. The third-order valence-electron chi connectivity index (χ3n) is 5.85. The molecule has 27 heavy (non-hydrogen) atoms. The number of carbonyl (C=O) groups is 2. The van der Waals surface area contributed by atoms with Gasteiger partial charge in [-0.1, -0.05) is 12.2 Å². The lowest BCUT2D eigenvalue weighted by molar-refractivity contribution is -0.133. The van der Waals surface area contributed by atoms with Crippen molar-refractivity contribution >= 4 is 11.7 Å². The third kappa shape index (κ3) is 4.62. The van der Waals surface area contributed by atoms with Gasteiger partial charge in [0.1, 0.15) is 11.4 Å². The van der Waals surface area contributed by atoms with Gasteiger partial charge in [-0.2, -0.15) is 0 Å². The zero-order chi connectivity index (χ0) is 19.3. The Balaban J connectivity index is 1.47. The summed E-state index contributed by atoms with van der Waals surface area (Å²) in [5.41, 5.74) is 5.82. The molecule has 0 aromatic heterocycles. The van der Waals surface area contributed by atoms with Crippen LogP contribution in [-0.2, 0) is 4.79 Å². The van der Waals surface area contributed by atoms with Crippen molar-refractivity contribution in [2.24, 2.45) is 5.73 Å². The molecule has 0 atom stereocenters. The van der Waals surface area contributed by atoms with Crippen LogP contribution >= 0.6 is 0 Å². The maximum Gasteiger partial charge on any atom is 0.238 e. The Morgan fingerprint density at radius 3 is 2.37 bits per heavy atom. The molecule has 2 N–H and O–H groups in total. The van der Waals surface area contributed by atoms with Crippen molar-refractivity contribution in [1.82, 2.24) is 9.80 Å². The molecule has 0 spiro atoms. The van der Waals surface area contributed by atoms with Crippen molar-refractivity contribution < 1.29 is 14.0 Å². The minimum absolute atomic E-state index is 0.0404. The van der Waals surface area contributed by atoms with Crippen LogP contribution in [0.15, 0.2) is 36.4 Å². The fraction of sp³-hybridized carbons (Fsp3) is 0.524. The number of primary amides is 1. The molecule has 2 aliphatic heterocycles. The molecule has 6 heteroatoms. The number of ketones is 1. The van der Waals surface area contributed by atoms with Crippen molar-refractivity contribution in [2.75, 3.05) is 32.7 Å². The summed E-state index contributed by atoms with van der Waals surface area (Å²) in [6.45, 7) is 4.12. The lowest BCUT2D eigenvalue weighted by Gasteiger charge is -2.47. The van der Waals surface area contributed by atoms with E-state index >= 15 is 0 Å². The summed E-state index contributed by atoms with van der Waals surface area (Å²) in [5, 5.41) is 0. The predicted octanol–water partition coefficient (Wildman–Crippen LogP) is 2.37. The molecule has 0 bridgehead atoms. The molecule has 1 saturated heterocycles. The Morgan fingerprint density at radius 2 is 1.78 bits per heavy atom. The average Bonchev–Trinajstić information content (AvgIpc) is 2.69. The van der Waals surface area contributed by atoms with Gasteiger partial charge in [0.25, 0.3) is 0 Å². The number of halogens is 1. The summed E-state index contributed by atoms with van der Waals surface area (Å²) >= 11 is 0. The standard InChI is InChI=1S/C21H28FN3O2/c22-18-8-6-17(7-9-18)19(26)5-4-12-24-15-10-21(11-16-24,20(23)27)25-13-2-1-3-14-25/h1-2,6-9H,3-5,10-16H2,(H2,23,27). The number of nitrogens with zero attached hydrogens (tertiary/aromatic N) is 2. The number of likely N-dealkylation sites (tertiary alicyclic amines) is 1. The summed E-state index contributed by atoms with van der Waals surface area (Å²) < 4.78 is 12.9. The Morgan fingerprint density at radius 1 is 1.07 bits per heavy atom. The van der Waals surface area contributed by atoms with Crippen molar-refractivity contribution in [2.45, 2.75) is 37.6 Å². The molecule has 2 aliphatic rings. The van der Waals surface area contributed by atoms with E-state index in [0.717, 1.165) is 58.4 Å². The van der Waals surface area contributed by atoms with E-state index in [-0.39, 0.29) is 17.5 Å². The molecule has 0 radical (unpaired) electrons. The summed E-state index contributed by atoms with van der Waals surface area (Å²) in [6.07, 6.45) is 7.90. The van der Waals surface area contributed by atoms with Crippen LogP contribution in [0.5, 0.6) is 0 Å². The van der Waals surface area contributed by atoms with Gasteiger partial charge >= 0.3 is 0 Å². The van der Waals surface area contributed by atoms with Gasteiger partial charge in [0.2, 0.25) is 5.91 Å². The van der Waals surface area contributed by atoms with E-state index in [1.807, 2.05) is 0 Å². The van der Waals surface area contributed by atoms with E-state index in [2.05, 4.69) is 22.0 Å². The van der Waals surface area contributed by atoms with Gasteiger partial charge in [0, 0.05) is 38.2 Å². The Kier molecular flexibility index (Phi) is 6.39. The van der Waals surface area contributed by atoms with Gasteiger partial charge < -0.3 is 10.6 Å². The molecule has 0 saturated carbocycles. The first-order chi connectivity index (χ1) is 13.0. The Hall–Kier alpha value is -2.05. The minimum atomic E-state index is -0.537. The van der Waals surface area contributed by atoms with Crippen molar-refractivity contribution in [1.29, 1.82) is 0 Å². The second kappa shape index (κ2) is 8.76. The highest BCUT2D eigenvalue weighted by Crippen LogP contribution is 2.30. The van der Waals surface area contributed by atoms with Gasteiger partial charge in [-0.3, -0.25) is 14.5 Å². The van der Waals surface area contributed by atoms with Gasteiger partial charge in [-0.25, -0.2) is 4.39 Å². The second-order valence-electron chi connectivity index (χ2n) is 7.48. The van der Waals surface area contributed by atoms with Crippen LogP contribution in [0.3, 0.4) is 0 Å². The molecule has 0 aliphatic carbocycles. The number of carbonyl (C=O) groups excluding carboxylic acids is 2. The molecule has 5 nitrogen and oxygen atoms in total. The number of piperidine rings is 1. The van der Waals surface area contributed by atoms with Crippen LogP contribution in [-0.4, -0.2) is 59.8 Å². The lowest BCUT2D eigenvalue weighted by atomic mass is 9.84. The number of amides is 1. The summed E-state index contributed by atoms with van der Waals surface area (Å²) in [7, 11) is 0. The highest BCUT2D eigenvalue weighted by molar-refractivity contribution is 5.95. The first kappa shape index (κ1) is 19.7. The summed E-state index contributed by atoms with van der Waals surface area (Å²) in [6, 6.07) is 5.70. The number of hydrogen-bond acceptors (Lipinski definition) is 4. The zero-order valence-corrected chi connectivity index (χ0v) is 15.7. The van der Waals surface area contributed by atoms with Gasteiger partial charge in [0.15, 0.2) is 5.78 Å². The van der Waals surface area contributed by atoms with Crippen molar-refractivity contribution in [3.05, 3.63) is 47.8 Å². The van der Waals surface area contributed by atoms with E-state index < -0.39 is 5.54 Å². The van der Waals surface area contributed by atoms with Crippen molar-refractivity contribution in [3.63, 3.8) is 0 Å².